The number of nitrogens with two attached hydrogens (primary N) is 3. The zero-order valence-corrected chi connectivity index (χ0v) is 19.6. The number of hydrogen-bond donors (Lipinski definition) is 5. The van der Waals surface area contributed by atoms with Gasteiger partial charge in [-0.1, -0.05) is 51.4 Å². The summed E-state index contributed by atoms with van der Waals surface area (Å²) < 4.78 is 2.17. The summed E-state index contributed by atoms with van der Waals surface area (Å²) in [5.74, 6) is 1.92. The summed E-state index contributed by atoms with van der Waals surface area (Å²) in [6.07, 6.45) is 18.1. The molecular formula is C23H50N7+. The Morgan fingerprint density at radius 3 is 1.90 bits per heavy atom. The van der Waals surface area contributed by atoms with E-state index in [9.17, 15) is 0 Å². The van der Waals surface area contributed by atoms with Gasteiger partial charge in [-0.3, -0.25) is 20.6 Å². The molecule has 0 aliphatic heterocycles. The minimum Gasteiger partial charge on any atom is -0.370 e. The highest BCUT2D eigenvalue weighted by molar-refractivity contribution is 5.75. The van der Waals surface area contributed by atoms with Crippen LogP contribution < -0.4 is 27.8 Å². The van der Waals surface area contributed by atoms with Gasteiger partial charge in [-0.25, -0.2) is 0 Å². The van der Waals surface area contributed by atoms with E-state index in [1.165, 1.54) is 90.0 Å². The first-order chi connectivity index (χ1) is 14.6. The molecule has 0 amide bonds. The summed E-state index contributed by atoms with van der Waals surface area (Å²) in [4.78, 5) is 4.01. The van der Waals surface area contributed by atoms with Crippen LogP contribution in [0.15, 0.2) is 4.99 Å². The average molecular weight is 425 g/mol. The quantitative estimate of drug-likeness (QED) is 0.0890. The highest BCUT2D eigenvalue weighted by atomic mass is 15.2. The van der Waals surface area contributed by atoms with Crippen LogP contribution in [0.5, 0.6) is 0 Å². The Morgan fingerprint density at radius 1 is 0.800 bits per heavy atom. The van der Waals surface area contributed by atoms with E-state index in [0.29, 0.717) is 0 Å². The molecular weight excluding hydrogens is 374 g/mol. The van der Waals surface area contributed by atoms with Crippen LogP contribution in [-0.4, -0.2) is 56.3 Å². The lowest BCUT2D eigenvalue weighted by Crippen LogP contribution is -2.40. The molecule has 0 atom stereocenters. The molecule has 1 saturated carbocycles. The molecule has 0 aromatic heterocycles. The highest BCUT2D eigenvalue weighted by Crippen LogP contribution is 2.27. The lowest BCUT2D eigenvalue weighted by atomic mass is 10.1. The van der Waals surface area contributed by atoms with E-state index >= 15 is 0 Å². The fourth-order valence-corrected chi connectivity index (χ4v) is 3.53. The van der Waals surface area contributed by atoms with E-state index in [1.54, 1.807) is 0 Å². The molecule has 7 nitrogen and oxygen atoms in total. The number of rotatable bonds is 20. The van der Waals surface area contributed by atoms with E-state index in [-0.39, 0.29) is 5.96 Å². The van der Waals surface area contributed by atoms with Gasteiger partial charge in [0.05, 0.1) is 20.1 Å². The second kappa shape index (κ2) is 18.3. The topological polar surface area (TPSA) is 117 Å². The van der Waals surface area contributed by atoms with Gasteiger partial charge in [0.1, 0.15) is 0 Å². The second-order valence-electron chi connectivity index (χ2n) is 8.93. The fourth-order valence-electron chi connectivity index (χ4n) is 3.53. The van der Waals surface area contributed by atoms with Gasteiger partial charge in [-0.2, -0.15) is 0 Å². The molecule has 0 radical (unpaired) electrons. The van der Waals surface area contributed by atoms with Crippen molar-refractivity contribution in [2.75, 3.05) is 39.8 Å². The van der Waals surface area contributed by atoms with E-state index in [4.69, 9.17) is 17.2 Å². The van der Waals surface area contributed by atoms with Crippen molar-refractivity contribution < 1.29 is 4.58 Å². The number of hydrogen-bond acceptors (Lipinski definition) is 2. The summed E-state index contributed by atoms with van der Waals surface area (Å²) in [6.45, 7) is 5.20. The Kier molecular flexibility index (Phi) is 16.2. The third-order valence-corrected chi connectivity index (χ3v) is 5.83. The third kappa shape index (κ3) is 17.4. The maximum absolute atomic E-state index is 6.09. The standard InChI is InChI=1S/C23H49N7/c1-30(23(26)29-20-21-14-15-21)19-13-9-5-4-7-11-17-27-16-10-6-2-3-8-12-18-28-22(24)25/h21,27H,2-20H2,1H3,(H6,24,25,26,28,29)/p+1. The van der Waals surface area contributed by atoms with Gasteiger partial charge in [0.2, 0.25) is 0 Å². The first-order valence-electron chi connectivity index (χ1n) is 12.4. The third-order valence-electron chi connectivity index (χ3n) is 5.83. The van der Waals surface area contributed by atoms with Crippen molar-refractivity contribution in [2.24, 2.45) is 28.1 Å². The summed E-state index contributed by atoms with van der Waals surface area (Å²) in [7, 11) is 2.09. The lowest BCUT2D eigenvalue weighted by molar-refractivity contribution is -0.501. The molecule has 8 N–H and O–H groups in total. The maximum atomic E-state index is 6.09. The van der Waals surface area contributed by atoms with Gasteiger partial charge in [0.15, 0.2) is 5.96 Å². The first-order valence-corrected chi connectivity index (χ1v) is 12.4. The molecule has 1 aliphatic rings. The molecule has 0 saturated heterocycles. The summed E-state index contributed by atoms with van der Waals surface area (Å²) >= 11 is 0. The molecule has 0 aromatic carbocycles. The van der Waals surface area contributed by atoms with E-state index in [2.05, 4.69) is 27.2 Å². The van der Waals surface area contributed by atoms with Crippen molar-refractivity contribution in [1.29, 1.82) is 0 Å². The fraction of sp³-hybridized carbons (Fsp3) is 0.913. The van der Waals surface area contributed by atoms with E-state index < -0.39 is 0 Å². The van der Waals surface area contributed by atoms with Crippen molar-refractivity contribution in [3.8, 4) is 0 Å². The molecule has 176 valence electrons. The number of nitrogens with one attached hydrogen (secondary N) is 2. The van der Waals surface area contributed by atoms with Crippen LogP contribution in [0, 0.1) is 5.92 Å². The van der Waals surface area contributed by atoms with Gasteiger partial charge in [0, 0.05) is 6.54 Å². The number of unbranched alkanes of at least 4 members (excludes halogenated alkanes) is 10. The average Bonchev–Trinajstić information content (AvgIpc) is 3.55. The van der Waals surface area contributed by atoms with Gasteiger partial charge in [-0.05, 0) is 57.5 Å². The van der Waals surface area contributed by atoms with Crippen LogP contribution >= 0.6 is 0 Å². The van der Waals surface area contributed by atoms with Crippen LogP contribution in [0.25, 0.3) is 0 Å². The van der Waals surface area contributed by atoms with Crippen molar-refractivity contribution >= 4 is 11.9 Å². The van der Waals surface area contributed by atoms with E-state index in [0.717, 1.165) is 44.5 Å². The second-order valence-corrected chi connectivity index (χ2v) is 8.93. The zero-order chi connectivity index (χ0) is 21.9. The van der Waals surface area contributed by atoms with Crippen LogP contribution in [0.2, 0.25) is 0 Å². The largest absolute Gasteiger partial charge is 0.370 e. The minimum absolute atomic E-state index is 0.209. The smallest absolute Gasteiger partial charge is 0.343 e. The Bertz CT molecular complexity index is 468. The zero-order valence-electron chi connectivity index (χ0n) is 19.6. The van der Waals surface area contributed by atoms with Gasteiger partial charge >= 0.3 is 5.96 Å². The summed E-state index contributed by atoms with van der Waals surface area (Å²) in [5, 5.41) is 6.94. The molecule has 0 unspecified atom stereocenters. The summed E-state index contributed by atoms with van der Waals surface area (Å²) in [5.41, 5.74) is 16.7. The Hall–Kier alpha value is -1.50. The van der Waals surface area contributed by atoms with Crippen LogP contribution in [-0.2, 0) is 0 Å². The van der Waals surface area contributed by atoms with Crippen LogP contribution in [0.3, 0.4) is 0 Å². The Morgan fingerprint density at radius 2 is 1.33 bits per heavy atom. The summed E-state index contributed by atoms with van der Waals surface area (Å²) in [6, 6.07) is 0. The normalized spacial score (nSPS) is 14.4. The van der Waals surface area contributed by atoms with Gasteiger partial charge in [0.25, 0.3) is 0 Å². The van der Waals surface area contributed by atoms with Gasteiger partial charge < -0.3 is 16.8 Å². The van der Waals surface area contributed by atoms with Crippen LogP contribution in [0.4, 0.5) is 0 Å². The van der Waals surface area contributed by atoms with Crippen molar-refractivity contribution in [3.05, 3.63) is 0 Å². The Labute approximate surface area is 185 Å². The van der Waals surface area contributed by atoms with Gasteiger partial charge in [-0.15, -0.1) is 0 Å². The predicted octanol–water partition coefficient (Wildman–Crippen LogP) is 2.49. The van der Waals surface area contributed by atoms with Crippen LogP contribution in [0.1, 0.15) is 89.9 Å². The molecule has 0 heterocycles. The molecule has 1 aliphatic carbocycles. The van der Waals surface area contributed by atoms with Crippen molar-refractivity contribution in [2.45, 2.75) is 89.9 Å². The molecule has 0 spiro atoms. The lowest BCUT2D eigenvalue weighted by Gasteiger charge is -2.07. The molecule has 1 rings (SSSR count). The van der Waals surface area contributed by atoms with Crippen molar-refractivity contribution in [1.82, 2.24) is 10.6 Å². The number of guanidine groups is 2. The number of aliphatic imine (C=N–C) groups is 1. The highest BCUT2D eigenvalue weighted by Gasteiger charge is 2.23. The molecule has 0 bridgehead atoms. The van der Waals surface area contributed by atoms with E-state index in [1.807, 2.05) is 0 Å². The molecule has 1 fully saturated rings. The monoisotopic (exact) mass is 424 g/mol. The maximum Gasteiger partial charge on any atom is 0.343 e. The molecule has 0 aromatic rings. The Balaban J connectivity index is 1.74. The molecule has 7 heteroatoms. The minimum atomic E-state index is 0.209. The SMILES string of the molecule is C[N+](CCCCCCCCNCCCCCCCCN=C(N)N)=C(N)NCC1CC1. The predicted molar refractivity (Wildman–Crippen MR) is 130 cm³/mol. The number of nitrogens with zero attached hydrogens (tertiary/aromatic N) is 2. The molecule has 30 heavy (non-hydrogen) atoms. The first kappa shape index (κ1) is 26.5. The van der Waals surface area contributed by atoms with Crippen molar-refractivity contribution in [3.63, 3.8) is 0 Å².